The van der Waals surface area contributed by atoms with Gasteiger partial charge in [0.1, 0.15) is 5.84 Å². The molecular formula is C11H12BrClN2. The van der Waals surface area contributed by atoms with E-state index < -0.39 is 0 Å². The van der Waals surface area contributed by atoms with Gasteiger partial charge >= 0.3 is 0 Å². The summed E-state index contributed by atoms with van der Waals surface area (Å²) in [5, 5.41) is 8.60. The second-order valence-corrected chi connectivity index (χ2v) is 4.92. The molecular weight excluding hydrogens is 275 g/mol. The van der Waals surface area contributed by atoms with Crippen LogP contribution in [0.3, 0.4) is 0 Å². The summed E-state index contributed by atoms with van der Waals surface area (Å²) in [6, 6.07) is 5.80. The lowest BCUT2D eigenvalue weighted by Gasteiger charge is -2.29. The van der Waals surface area contributed by atoms with Crippen molar-refractivity contribution in [2.24, 2.45) is 0 Å². The number of hydrogen-bond acceptors (Lipinski definition) is 1. The topological polar surface area (TPSA) is 27.1 Å². The third kappa shape index (κ3) is 2.34. The Labute approximate surface area is 103 Å². The minimum absolute atomic E-state index is 0.704. The summed E-state index contributed by atoms with van der Waals surface area (Å²) < 4.78 is 0.889. The zero-order valence-electron chi connectivity index (χ0n) is 8.26. The van der Waals surface area contributed by atoms with Crippen molar-refractivity contribution < 1.29 is 0 Å². The molecule has 0 spiro atoms. The molecule has 15 heavy (non-hydrogen) atoms. The fourth-order valence-corrected chi connectivity index (χ4v) is 2.25. The highest BCUT2D eigenvalue weighted by Gasteiger charge is 2.16. The number of hydrogen-bond donors (Lipinski definition) is 1. The van der Waals surface area contributed by atoms with Crippen molar-refractivity contribution in [2.75, 3.05) is 11.4 Å². The molecule has 0 bridgehead atoms. The Bertz CT molecular complexity index is 392. The Morgan fingerprint density at radius 1 is 1.33 bits per heavy atom. The third-order valence-electron chi connectivity index (χ3n) is 2.59. The summed E-state index contributed by atoms with van der Waals surface area (Å²) in [4.78, 5) is 2.05. The fraction of sp³-hybridized carbons (Fsp3) is 0.364. The zero-order valence-corrected chi connectivity index (χ0v) is 10.6. The van der Waals surface area contributed by atoms with E-state index in [1.165, 1.54) is 0 Å². The van der Waals surface area contributed by atoms with Crippen LogP contribution < -0.4 is 4.90 Å². The van der Waals surface area contributed by atoms with E-state index in [2.05, 4.69) is 15.9 Å². The molecule has 80 valence electrons. The van der Waals surface area contributed by atoms with E-state index >= 15 is 0 Å². The van der Waals surface area contributed by atoms with Crippen molar-refractivity contribution in [1.82, 2.24) is 0 Å². The molecule has 1 aliphatic heterocycles. The normalized spacial score (nSPS) is 16.9. The smallest absolute Gasteiger partial charge is 0.100 e. The number of piperidine rings is 1. The minimum Gasteiger partial charge on any atom is -0.330 e. The molecule has 1 fully saturated rings. The lowest BCUT2D eigenvalue weighted by molar-refractivity contribution is 0.707. The van der Waals surface area contributed by atoms with Crippen LogP contribution in [0.5, 0.6) is 0 Å². The van der Waals surface area contributed by atoms with Crippen LogP contribution in [0.4, 0.5) is 5.69 Å². The molecule has 1 aliphatic rings. The number of rotatable bonds is 1. The molecule has 0 unspecified atom stereocenters. The van der Waals surface area contributed by atoms with Crippen molar-refractivity contribution in [3.63, 3.8) is 0 Å². The maximum absolute atomic E-state index is 7.89. The maximum Gasteiger partial charge on any atom is 0.100 e. The quantitative estimate of drug-likeness (QED) is 0.828. The first-order valence-corrected chi connectivity index (χ1v) is 6.15. The van der Waals surface area contributed by atoms with Gasteiger partial charge in [-0.3, -0.25) is 5.41 Å². The fourth-order valence-electron chi connectivity index (χ4n) is 1.77. The monoisotopic (exact) mass is 286 g/mol. The van der Waals surface area contributed by atoms with Gasteiger partial charge in [0, 0.05) is 23.1 Å². The van der Waals surface area contributed by atoms with E-state index in [9.17, 15) is 0 Å². The number of anilines is 1. The van der Waals surface area contributed by atoms with Crippen LogP contribution in [0, 0.1) is 5.41 Å². The summed E-state index contributed by atoms with van der Waals surface area (Å²) in [7, 11) is 0. The molecule has 2 nitrogen and oxygen atoms in total. The van der Waals surface area contributed by atoms with Crippen LogP contribution >= 0.6 is 27.5 Å². The molecule has 0 aliphatic carbocycles. The van der Waals surface area contributed by atoms with Gasteiger partial charge in [0.15, 0.2) is 0 Å². The molecule has 0 radical (unpaired) electrons. The maximum atomic E-state index is 7.89. The first-order chi connectivity index (χ1) is 7.18. The van der Waals surface area contributed by atoms with Crippen LogP contribution in [-0.4, -0.2) is 12.4 Å². The van der Waals surface area contributed by atoms with Gasteiger partial charge in [-0.05, 0) is 47.0 Å². The average Bonchev–Trinajstić information content (AvgIpc) is 2.23. The van der Waals surface area contributed by atoms with Crippen LogP contribution in [0.25, 0.3) is 0 Å². The highest BCUT2D eigenvalue weighted by atomic mass is 79.9. The van der Waals surface area contributed by atoms with Crippen molar-refractivity contribution in [3.8, 4) is 0 Å². The van der Waals surface area contributed by atoms with Crippen molar-refractivity contribution >= 4 is 39.1 Å². The van der Waals surface area contributed by atoms with Crippen LogP contribution in [0.15, 0.2) is 22.7 Å². The van der Waals surface area contributed by atoms with Crippen molar-refractivity contribution in [2.45, 2.75) is 19.3 Å². The molecule has 1 saturated heterocycles. The van der Waals surface area contributed by atoms with Gasteiger partial charge in [-0.1, -0.05) is 11.6 Å². The van der Waals surface area contributed by atoms with E-state index in [0.717, 1.165) is 36.0 Å². The Hall–Kier alpha value is -0.540. The van der Waals surface area contributed by atoms with E-state index in [-0.39, 0.29) is 0 Å². The molecule has 1 aromatic rings. The van der Waals surface area contributed by atoms with Gasteiger partial charge in [0.2, 0.25) is 0 Å². The number of halogens is 2. The molecule has 1 aromatic carbocycles. The van der Waals surface area contributed by atoms with Crippen LogP contribution in [0.1, 0.15) is 19.3 Å². The minimum atomic E-state index is 0.704. The first-order valence-electron chi connectivity index (χ1n) is 4.98. The summed E-state index contributed by atoms with van der Waals surface area (Å²) in [5.41, 5.74) is 1.05. The predicted molar refractivity (Wildman–Crippen MR) is 68.1 cm³/mol. The second kappa shape index (κ2) is 4.54. The standard InChI is InChI=1S/C11H12BrClN2/c12-9-7-8(4-5-10(9)13)15-6-2-1-3-11(15)14/h4-5,7,14H,1-3,6H2. The summed E-state index contributed by atoms with van der Waals surface area (Å²) in [6.45, 7) is 0.937. The summed E-state index contributed by atoms with van der Waals surface area (Å²) >= 11 is 9.34. The van der Waals surface area contributed by atoms with Gasteiger partial charge in [-0.25, -0.2) is 0 Å². The highest BCUT2D eigenvalue weighted by molar-refractivity contribution is 9.10. The molecule has 1 N–H and O–H groups in total. The molecule has 0 aromatic heterocycles. The summed E-state index contributed by atoms with van der Waals surface area (Å²) in [6.07, 6.45) is 3.16. The largest absolute Gasteiger partial charge is 0.330 e. The first kappa shape index (κ1) is 11.0. The second-order valence-electron chi connectivity index (χ2n) is 3.65. The number of amidine groups is 1. The Balaban J connectivity index is 2.28. The lowest BCUT2D eigenvalue weighted by atomic mass is 10.1. The molecule has 0 amide bonds. The molecule has 0 saturated carbocycles. The van der Waals surface area contributed by atoms with E-state index in [0.29, 0.717) is 10.9 Å². The number of benzene rings is 1. The third-order valence-corrected chi connectivity index (χ3v) is 3.80. The Morgan fingerprint density at radius 2 is 2.13 bits per heavy atom. The van der Waals surface area contributed by atoms with E-state index in [1.54, 1.807) is 0 Å². The highest BCUT2D eigenvalue weighted by Crippen LogP contribution is 2.29. The van der Waals surface area contributed by atoms with Gasteiger partial charge in [0.05, 0.1) is 5.02 Å². The SMILES string of the molecule is N=C1CCCCN1c1ccc(Cl)c(Br)c1. The Kier molecular flexibility index (Phi) is 3.32. The zero-order chi connectivity index (χ0) is 10.8. The number of nitrogens with zero attached hydrogens (tertiary/aromatic N) is 1. The predicted octanol–water partition coefficient (Wildman–Crippen LogP) is 4.07. The van der Waals surface area contributed by atoms with Crippen LogP contribution in [-0.2, 0) is 0 Å². The molecule has 0 atom stereocenters. The van der Waals surface area contributed by atoms with E-state index in [4.69, 9.17) is 17.0 Å². The van der Waals surface area contributed by atoms with Crippen LogP contribution in [0.2, 0.25) is 5.02 Å². The van der Waals surface area contributed by atoms with Gasteiger partial charge in [0.25, 0.3) is 0 Å². The lowest BCUT2D eigenvalue weighted by Crippen LogP contribution is -2.34. The number of nitrogens with one attached hydrogen (secondary N) is 1. The van der Waals surface area contributed by atoms with Crippen molar-refractivity contribution in [3.05, 3.63) is 27.7 Å². The molecule has 2 rings (SSSR count). The molecule has 4 heteroatoms. The van der Waals surface area contributed by atoms with Gasteiger partial charge in [-0.2, -0.15) is 0 Å². The van der Waals surface area contributed by atoms with E-state index in [1.807, 2.05) is 23.1 Å². The van der Waals surface area contributed by atoms with Crippen molar-refractivity contribution in [1.29, 1.82) is 5.41 Å². The molecule has 1 heterocycles. The van der Waals surface area contributed by atoms with Gasteiger partial charge < -0.3 is 4.90 Å². The summed E-state index contributed by atoms with van der Waals surface area (Å²) in [5.74, 6) is 0.704. The van der Waals surface area contributed by atoms with Gasteiger partial charge in [-0.15, -0.1) is 0 Å². The Morgan fingerprint density at radius 3 is 2.80 bits per heavy atom. The average molecular weight is 288 g/mol.